The molecule has 1 N–H and O–H groups in total. The topological polar surface area (TPSA) is 124 Å². The molecule has 0 unspecified atom stereocenters. The smallest absolute Gasteiger partial charge is 0.343 e. The van der Waals surface area contributed by atoms with Gasteiger partial charge in [-0.15, -0.1) is 0 Å². The number of sulfonamides is 1. The first kappa shape index (κ1) is 28.5. The van der Waals surface area contributed by atoms with Crippen LogP contribution in [0.15, 0.2) is 76.7 Å². The van der Waals surface area contributed by atoms with Crippen molar-refractivity contribution in [1.82, 2.24) is 5.43 Å². The van der Waals surface area contributed by atoms with Crippen molar-refractivity contribution in [3.63, 3.8) is 0 Å². The fraction of sp³-hybridized carbons (Fsp3) is 0.192. The Labute approximate surface area is 225 Å². The van der Waals surface area contributed by atoms with Crippen molar-refractivity contribution in [2.45, 2.75) is 11.8 Å². The Morgan fingerprint density at radius 2 is 1.71 bits per heavy atom. The van der Waals surface area contributed by atoms with Crippen molar-refractivity contribution < 1.29 is 32.2 Å². The van der Waals surface area contributed by atoms with Crippen molar-refractivity contribution >= 4 is 45.4 Å². The molecule has 0 saturated heterocycles. The Kier molecular flexibility index (Phi) is 9.69. The second-order valence-electron chi connectivity index (χ2n) is 7.87. The third kappa shape index (κ3) is 7.46. The van der Waals surface area contributed by atoms with Crippen molar-refractivity contribution in [3.05, 3.63) is 82.9 Å². The number of nitrogens with one attached hydrogen (secondary N) is 1. The van der Waals surface area contributed by atoms with Crippen LogP contribution in [0.5, 0.6) is 11.5 Å². The molecule has 3 aromatic rings. The number of hydrogen-bond donors (Lipinski definition) is 1. The van der Waals surface area contributed by atoms with E-state index in [1.54, 1.807) is 36.4 Å². The minimum absolute atomic E-state index is 0.0147. The quantitative estimate of drug-likeness (QED) is 0.216. The first-order valence-corrected chi connectivity index (χ1v) is 13.0. The summed E-state index contributed by atoms with van der Waals surface area (Å²) < 4.78 is 42.8. The van der Waals surface area contributed by atoms with Crippen LogP contribution < -0.4 is 19.2 Å². The van der Waals surface area contributed by atoms with Crippen LogP contribution in [-0.4, -0.2) is 53.9 Å². The van der Waals surface area contributed by atoms with E-state index in [2.05, 4.69) is 15.3 Å². The van der Waals surface area contributed by atoms with Gasteiger partial charge >= 0.3 is 5.97 Å². The van der Waals surface area contributed by atoms with Gasteiger partial charge in [0.25, 0.3) is 15.9 Å². The molecule has 12 heteroatoms. The molecule has 1 amide bonds. The van der Waals surface area contributed by atoms with Gasteiger partial charge in [0.15, 0.2) is 6.61 Å². The number of aryl methyl sites for hydroxylation is 1. The standard InChI is InChI=1S/C26H26ClN3O7S/c1-18-4-11-22(12-5-18)38(33,34)30(20-8-13-24(35-2)23(27)14-20)16-25(31)29-28-15-19-6-9-21(10-7-19)37-17-26(32)36-3/h4-15H,16-17H2,1-3H3,(H,29,31)/b28-15-. The summed E-state index contributed by atoms with van der Waals surface area (Å²) in [5.74, 6) is -0.374. The third-order valence-corrected chi connectivity index (χ3v) is 7.27. The number of methoxy groups -OCH3 is 2. The summed E-state index contributed by atoms with van der Waals surface area (Å²) in [6.45, 7) is 1.06. The monoisotopic (exact) mass is 559 g/mol. The lowest BCUT2D eigenvalue weighted by Crippen LogP contribution is -2.39. The Morgan fingerprint density at radius 3 is 2.32 bits per heavy atom. The Bertz CT molecular complexity index is 1410. The zero-order chi connectivity index (χ0) is 27.7. The molecule has 10 nitrogen and oxygen atoms in total. The lowest BCUT2D eigenvalue weighted by atomic mass is 10.2. The van der Waals surface area contributed by atoms with Gasteiger partial charge in [-0.3, -0.25) is 9.10 Å². The number of nitrogens with zero attached hydrogens (tertiary/aromatic N) is 2. The predicted molar refractivity (Wildman–Crippen MR) is 143 cm³/mol. The fourth-order valence-electron chi connectivity index (χ4n) is 3.16. The van der Waals surface area contributed by atoms with E-state index < -0.39 is 28.4 Å². The van der Waals surface area contributed by atoms with Gasteiger partial charge in [-0.2, -0.15) is 5.10 Å². The Hall–Kier alpha value is -4.09. The maximum atomic E-state index is 13.5. The van der Waals surface area contributed by atoms with Gasteiger partial charge in [-0.1, -0.05) is 29.3 Å². The summed E-state index contributed by atoms with van der Waals surface area (Å²) in [6, 6.07) is 17.3. The van der Waals surface area contributed by atoms with Crippen LogP contribution in [0.3, 0.4) is 0 Å². The van der Waals surface area contributed by atoms with Crippen LogP contribution in [0.25, 0.3) is 0 Å². The largest absolute Gasteiger partial charge is 0.495 e. The zero-order valence-electron chi connectivity index (χ0n) is 20.9. The van der Waals surface area contributed by atoms with E-state index >= 15 is 0 Å². The summed E-state index contributed by atoms with van der Waals surface area (Å²) in [5, 5.41) is 4.10. The van der Waals surface area contributed by atoms with Crippen molar-refractivity contribution in [1.29, 1.82) is 0 Å². The number of carbonyl (C=O) groups is 2. The molecular formula is C26H26ClN3O7S. The second kappa shape index (κ2) is 12.9. The maximum Gasteiger partial charge on any atom is 0.343 e. The average Bonchev–Trinajstić information content (AvgIpc) is 2.91. The normalized spacial score (nSPS) is 11.2. The highest BCUT2D eigenvalue weighted by atomic mass is 35.5. The molecule has 3 aromatic carbocycles. The number of esters is 1. The number of halogens is 1. The van der Waals surface area contributed by atoms with Gasteiger partial charge in [-0.25, -0.2) is 18.6 Å². The van der Waals surface area contributed by atoms with E-state index in [9.17, 15) is 18.0 Å². The van der Waals surface area contributed by atoms with Crippen LogP contribution >= 0.6 is 11.6 Å². The molecule has 0 saturated carbocycles. The van der Waals surface area contributed by atoms with E-state index in [-0.39, 0.29) is 22.2 Å². The summed E-state index contributed by atoms with van der Waals surface area (Å²) in [5.41, 5.74) is 4.03. The van der Waals surface area contributed by atoms with Crippen molar-refractivity contribution in [3.8, 4) is 11.5 Å². The van der Waals surface area contributed by atoms with Crippen LogP contribution in [0.4, 0.5) is 5.69 Å². The number of hydrazone groups is 1. The minimum Gasteiger partial charge on any atom is -0.495 e. The number of ether oxygens (including phenoxy) is 3. The molecule has 3 rings (SSSR count). The second-order valence-corrected chi connectivity index (χ2v) is 10.1. The average molecular weight is 560 g/mol. The number of amides is 1. The molecule has 0 aliphatic carbocycles. The summed E-state index contributed by atoms with van der Waals surface area (Å²) in [7, 11) is -1.42. The number of hydrogen-bond acceptors (Lipinski definition) is 8. The highest BCUT2D eigenvalue weighted by Gasteiger charge is 2.27. The molecule has 0 atom stereocenters. The molecular weight excluding hydrogens is 534 g/mol. The van der Waals surface area contributed by atoms with Crippen LogP contribution in [0.1, 0.15) is 11.1 Å². The first-order valence-electron chi connectivity index (χ1n) is 11.2. The number of rotatable bonds is 11. The lowest BCUT2D eigenvalue weighted by molar-refractivity contribution is -0.142. The minimum atomic E-state index is -4.12. The van der Waals surface area contributed by atoms with E-state index in [1.807, 2.05) is 6.92 Å². The van der Waals surface area contributed by atoms with E-state index in [0.717, 1.165) is 9.87 Å². The van der Waals surface area contributed by atoms with Crippen LogP contribution in [0, 0.1) is 6.92 Å². The van der Waals surface area contributed by atoms with Crippen LogP contribution in [0.2, 0.25) is 5.02 Å². The fourth-order valence-corrected chi connectivity index (χ4v) is 4.82. The summed E-state index contributed by atoms with van der Waals surface area (Å²) in [6.07, 6.45) is 1.38. The molecule has 0 aromatic heterocycles. The molecule has 0 bridgehead atoms. The zero-order valence-corrected chi connectivity index (χ0v) is 22.5. The van der Waals surface area contributed by atoms with E-state index in [4.69, 9.17) is 21.1 Å². The predicted octanol–water partition coefficient (Wildman–Crippen LogP) is 3.55. The maximum absolute atomic E-state index is 13.5. The van der Waals surface area contributed by atoms with Crippen molar-refractivity contribution in [2.24, 2.45) is 5.10 Å². The molecule has 0 radical (unpaired) electrons. The molecule has 0 aliphatic heterocycles. The van der Waals surface area contributed by atoms with Gasteiger partial charge < -0.3 is 14.2 Å². The summed E-state index contributed by atoms with van der Waals surface area (Å²) in [4.78, 5) is 23.9. The third-order valence-electron chi connectivity index (χ3n) is 5.19. The van der Waals surface area contributed by atoms with Gasteiger partial charge in [0.2, 0.25) is 0 Å². The number of benzene rings is 3. The highest BCUT2D eigenvalue weighted by molar-refractivity contribution is 7.92. The molecule has 0 aliphatic rings. The summed E-state index contributed by atoms with van der Waals surface area (Å²) >= 11 is 6.23. The van der Waals surface area contributed by atoms with Crippen LogP contribution in [-0.2, 0) is 24.3 Å². The molecule has 38 heavy (non-hydrogen) atoms. The first-order chi connectivity index (χ1) is 18.1. The van der Waals surface area contributed by atoms with E-state index in [1.165, 1.54) is 50.8 Å². The Morgan fingerprint density at radius 1 is 1.03 bits per heavy atom. The van der Waals surface area contributed by atoms with Gasteiger partial charge in [0.1, 0.15) is 18.0 Å². The number of carbonyl (C=O) groups excluding carboxylic acids is 2. The molecule has 200 valence electrons. The lowest BCUT2D eigenvalue weighted by Gasteiger charge is -2.24. The SMILES string of the molecule is COC(=O)COc1ccc(/C=N\NC(=O)CN(c2ccc(OC)c(Cl)c2)S(=O)(=O)c2ccc(C)cc2)cc1. The van der Waals surface area contributed by atoms with Gasteiger partial charge in [0.05, 0.1) is 36.0 Å². The highest BCUT2D eigenvalue weighted by Crippen LogP contribution is 2.32. The molecule has 0 heterocycles. The number of anilines is 1. The van der Waals surface area contributed by atoms with Gasteiger partial charge in [-0.05, 0) is 67.1 Å². The Balaban J connectivity index is 1.75. The van der Waals surface area contributed by atoms with Gasteiger partial charge in [0, 0.05) is 0 Å². The van der Waals surface area contributed by atoms with E-state index in [0.29, 0.717) is 17.1 Å². The molecule has 0 spiro atoms. The molecule has 0 fully saturated rings. The van der Waals surface area contributed by atoms with Crippen molar-refractivity contribution in [2.75, 3.05) is 31.7 Å².